The molecule has 3 fully saturated rings. The molecule has 6 heteroatoms. The van der Waals surface area contributed by atoms with Crippen LogP contribution in [0.1, 0.15) is 25.7 Å². The van der Waals surface area contributed by atoms with Crippen LogP contribution in [0.3, 0.4) is 0 Å². The van der Waals surface area contributed by atoms with E-state index in [-0.39, 0.29) is 0 Å². The highest BCUT2D eigenvalue weighted by Crippen LogP contribution is 2.40. The second-order valence-electron chi connectivity index (χ2n) is 7.87. The molecule has 6 nitrogen and oxygen atoms in total. The van der Waals surface area contributed by atoms with Crippen LogP contribution < -0.4 is 4.90 Å². The lowest BCUT2D eigenvalue weighted by atomic mass is 9.92. The van der Waals surface area contributed by atoms with E-state index in [0.717, 1.165) is 43.5 Å². The monoisotopic (exact) mass is 338 g/mol. The Balaban J connectivity index is 1.32. The minimum atomic E-state index is 0.618. The molecule has 5 rings (SSSR count). The number of likely N-dealkylation sites (tertiary alicyclic amines) is 1. The normalized spacial score (nSPS) is 29.8. The third-order valence-electron chi connectivity index (χ3n) is 6.12. The Labute approximate surface area is 148 Å². The summed E-state index contributed by atoms with van der Waals surface area (Å²) in [6, 6.07) is 5.26. The van der Waals surface area contributed by atoms with Crippen LogP contribution in [0.4, 0.5) is 5.95 Å². The zero-order valence-electron chi connectivity index (χ0n) is 14.6. The first-order chi connectivity index (χ1) is 12.4. The summed E-state index contributed by atoms with van der Waals surface area (Å²) in [6.07, 6.45) is 13.0. The fourth-order valence-corrected chi connectivity index (χ4v) is 4.77. The van der Waals surface area contributed by atoms with Crippen LogP contribution in [-0.2, 0) is 6.54 Å². The smallest absolute Gasteiger partial charge is 0.225 e. The van der Waals surface area contributed by atoms with Crippen molar-refractivity contribution in [2.24, 2.45) is 11.8 Å². The molecule has 0 spiro atoms. The number of hydrogen-bond acceptors (Lipinski definition) is 5. The quantitative estimate of drug-likeness (QED) is 0.835. The van der Waals surface area contributed by atoms with Crippen molar-refractivity contribution in [1.82, 2.24) is 24.6 Å². The maximum atomic E-state index is 4.46. The van der Waals surface area contributed by atoms with Crippen molar-refractivity contribution in [2.45, 2.75) is 44.3 Å². The van der Waals surface area contributed by atoms with Crippen molar-refractivity contribution in [3.8, 4) is 0 Å². The standard InChI is InChI=1S/C19H26N6/c1-6-20-19(21-7-1)23-10-5-18-16(13-23)11-17(14-24-9-2-8-22-24)25(18)12-15-3-4-15/h1-2,6-9,15-18H,3-5,10-14H2/t16-,17+,18+/m0/s1. The third-order valence-corrected chi connectivity index (χ3v) is 6.12. The average Bonchev–Trinajstić information content (AvgIpc) is 3.21. The van der Waals surface area contributed by atoms with Gasteiger partial charge in [0.25, 0.3) is 0 Å². The van der Waals surface area contributed by atoms with Crippen molar-refractivity contribution in [1.29, 1.82) is 0 Å². The Hall–Kier alpha value is -1.95. The molecule has 1 aliphatic carbocycles. The van der Waals surface area contributed by atoms with Gasteiger partial charge in [0.05, 0.1) is 6.54 Å². The molecular weight excluding hydrogens is 312 g/mol. The van der Waals surface area contributed by atoms with Gasteiger partial charge in [-0.1, -0.05) is 0 Å². The van der Waals surface area contributed by atoms with E-state index in [1.807, 2.05) is 30.7 Å². The van der Waals surface area contributed by atoms with Gasteiger partial charge in [0.2, 0.25) is 5.95 Å². The van der Waals surface area contributed by atoms with E-state index in [1.54, 1.807) is 0 Å². The van der Waals surface area contributed by atoms with Gasteiger partial charge in [0.1, 0.15) is 0 Å². The van der Waals surface area contributed by atoms with Crippen molar-refractivity contribution in [3.63, 3.8) is 0 Å². The van der Waals surface area contributed by atoms with E-state index in [0.29, 0.717) is 6.04 Å². The Kier molecular flexibility index (Phi) is 3.93. The van der Waals surface area contributed by atoms with Crippen LogP contribution in [0.25, 0.3) is 0 Å². The molecular formula is C19H26N6. The van der Waals surface area contributed by atoms with Crippen molar-refractivity contribution in [3.05, 3.63) is 36.9 Å². The van der Waals surface area contributed by atoms with E-state index in [1.165, 1.54) is 32.2 Å². The molecule has 1 saturated carbocycles. The molecule has 25 heavy (non-hydrogen) atoms. The maximum Gasteiger partial charge on any atom is 0.225 e. The minimum absolute atomic E-state index is 0.618. The number of piperidine rings is 1. The Morgan fingerprint density at radius 1 is 1.00 bits per heavy atom. The van der Waals surface area contributed by atoms with Crippen molar-refractivity contribution >= 4 is 5.95 Å². The summed E-state index contributed by atoms with van der Waals surface area (Å²) in [7, 11) is 0. The lowest BCUT2D eigenvalue weighted by Crippen LogP contribution is -2.48. The fourth-order valence-electron chi connectivity index (χ4n) is 4.77. The topological polar surface area (TPSA) is 50.1 Å². The summed E-state index contributed by atoms with van der Waals surface area (Å²) in [6.45, 7) is 4.47. The fraction of sp³-hybridized carbons (Fsp3) is 0.632. The van der Waals surface area contributed by atoms with Gasteiger partial charge in [0.15, 0.2) is 0 Å². The molecule has 2 saturated heterocycles. The predicted molar refractivity (Wildman–Crippen MR) is 96.2 cm³/mol. The molecule has 3 aliphatic rings. The summed E-state index contributed by atoms with van der Waals surface area (Å²) in [5.41, 5.74) is 0. The zero-order chi connectivity index (χ0) is 16.6. The van der Waals surface area contributed by atoms with E-state index < -0.39 is 0 Å². The zero-order valence-corrected chi connectivity index (χ0v) is 14.6. The third kappa shape index (κ3) is 3.15. The van der Waals surface area contributed by atoms with Gasteiger partial charge in [-0.05, 0) is 49.7 Å². The first-order valence-corrected chi connectivity index (χ1v) is 9.62. The largest absolute Gasteiger partial charge is 0.340 e. The molecule has 0 aromatic carbocycles. The van der Waals surface area contributed by atoms with Gasteiger partial charge in [-0.3, -0.25) is 9.58 Å². The van der Waals surface area contributed by atoms with Crippen molar-refractivity contribution in [2.75, 3.05) is 24.5 Å². The summed E-state index contributed by atoms with van der Waals surface area (Å²) < 4.78 is 2.11. The van der Waals surface area contributed by atoms with Crippen LogP contribution in [0.15, 0.2) is 36.9 Å². The molecule has 0 bridgehead atoms. The second-order valence-corrected chi connectivity index (χ2v) is 7.87. The lowest BCUT2D eigenvalue weighted by Gasteiger charge is -2.38. The number of rotatable bonds is 5. The predicted octanol–water partition coefficient (Wildman–Crippen LogP) is 2.05. The van der Waals surface area contributed by atoms with Crippen LogP contribution in [0.2, 0.25) is 0 Å². The summed E-state index contributed by atoms with van der Waals surface area (Å²) in [5.74, 6) is 2.55. The molecule has 0 N–H and O–H groups in total. The molecule has 4 heterocycles. The number of hydrogen-bond donors (Lipinski definition) is 0. The molecule has 132 valence electrons. The van der Waals surface area contributed by atoms with Gasteiger partial charge in [-0.15, -0.1) is 0 Å². The molecule has 2 aromatic heterocycles. The highest BCUT2D eigenvalue weighted by Gasteiger charge is 2.45. The maximum absolute atomic E-state index is 4.46. The first kappa shape index (κ1) is 15.3. The Morgan fingerprint density at radius 3 is 2.64 bits per heavy atom. The Morgan fingerprint density at radius 2 is 1.88 bits per heavy atom. The van der Waals surface area contributed by atoms with Crippen molar-refractivity contribution < 1.29 is 0 Å². The number of aromatic nitrogens is 4. The summed E-state index contributed by atoms with van der Waals surface area (Å²) in [4.78, 5) is 14.1. The molecule has 0 radical (unpaired) electrons. The van der Waals surface area contributed by atoms with Gasteiger partial charge in [0, 0.05) is 56.5 Å². The number of fused-ring (bicyclic) bond motifs is 1. The average molecular weight is 338 g/mol. The molecule has 0 unspecified atom stereocenters. The van der Waals surface area contributed by atoms with Gasteiger partial charge in [-0.25, -0.2) is 9.97 Å². The molecule has 0 amide bonds. The lowest BCUT2D eigenvalue weighted by molar-refractivity contribution is 0.144. The molecule has 3 atom stereocenters. The van der Waals surface area contributed by atoms with Gasteiger partial charge >= 0.3 is 0 Å². The molecule has 2 aliphatic heterocycles. The highest BCUT2D eigenvalue weighted by molar-refractivity contribution is 5.30. The van der Waals surface area contributed by atoms with E-state index in [4.69, 9.17) is 0 Å². The SMILES string of the molecule is c1cnc(N2CC[C@@H]3[C@@H](C[C@H](Cn4cccn4)N3CC3CC3)C2)nc1. The first-order valence-electron chi connectivity index (χ1n) is 9.62. The summed E-state index contributed by atoms with van der Waals surface area (Å²) in [5, 5.41) is 4.45. The van der Waals surface area contributed by atoms with Crippen LogP contribution in [0, 0.1) is 11.8 Å². The Bertz CT molecular complexity index is 683. The van der Waals surface area contributed by atoms with Crippen LogP contribution >= 0.6 is 0 Å². The van der Waals surface area contributed by atoms with E-state index >= 15 is 0 Å². The van der Waals surface area contributed by atoms with E-state index in [2.05, 4.69) is 35.7 Å². The second kappa shape index (κ2) is 6.41. The highest BCUT2D eigenvalue weighted by atomic mass is 15.3. The van der Waals surface area contributed by atoms with E-state index in [9.17, 15) is 0 Å². The number of nitrogens with zero attached hydrogens (tertiary/aromatic N) is 6. The van der Waals surface area contributed by atoms with Crippen LogP contribution in [-0.4, -0.2) is 56.4 Å². The summed E-state index contributed by atoms with van der Waals surface area (Å²) >= 11 is 0. The number of anilines is 1. The van der Waals surface area contributed by atoms with Gasteiger partial charge in [-0.2, -0.15) is 5.10 Å². The van der Waals surface area contributed by atoms with Gasteiger partial charge < -0.3 is 4.90 Å². The molecule has 2 aromatic rings. The van der Waals surface area contributed by atoms with Crippen LogP contribution in [0.5, 0.6) is 0 Å². The minimum Gasteiger partial charge on any atom is -0.340 e.